The summed E-state index contributed by atoms with van der Waals surface area (Å²) in [5.74, 6) is -1.87. The minimum absolute atomic E-state index is 0.0000623. The predicted octanol–water partition coefficient (Wildman–Crippen LogP) is 8.64. The number of pyridine rings is 1. The molecule has 3 aromatic carbocycles. The number of nitriles is 1. The number of hydrogen-bond acceptors (Lipinski definition) is 19. The molecule has 70 heavy (non-hydrogen) atoms. The van der Waals surface area contributed by atoms with Crippen LogP contribution in [0.25, 0.3) is 17.8 Å². The van der Waals surface area contributed by atoms with E-state index in [1.54, 1.807) is 26.8 Å². The predicted molar refractivity (Wildman–Crippen MR) is 253 cm³/mol. The molecule has 370 valence electrons. The normalized spacial score (nSPS) is 15.5. The van der Waals surface area contributed by atoms with E-state index in [1.807, 2.05) is 6.07 Å². The Kier molecular flexibility index (Phi) is 15.2. The molecule has 0 radical (unpaired) electrons. The maximum absolute atomic E-state index is 12.2. The molecule has 1 unspecified atom stereocenters. The van der Waals surface area contributed by atoms with Gasteiger partial charge in [-0.05, 0) is 101 Å². The SMILES string of the molecule is Cc1ccc(N=Nc2cc(OCCCS(=O)(=O)O)c(N=Nc3cc(OCCCS(=O)(=O)O)c(N=Nc4c(C)c(C#N)c5nc6c(n5c4O)C=CC(C)(S(=O)(=O)O)C=C6)cc3C)cc2C)c(S(=O)(=O)O)c1. The maximum atomic E-state index is 12.2. The minimum atomic E-state index is -4.68. The number of hydrogen-bond donors (Lipinski definition) is 5. The molecule has 0 amide bonds. The van der Waals surface area contributed by atoms with E-state index in [1.165, 1.54) is 79.0 Å². The molecule has 1 aliphatic carbocycles. The molecule has 6 rings (SSSR count). The quantitative estimate of drug-likeness (QED) is 0.0311. The molecule has 5 N–H and O–H groups in total. The summed E-state index contributed by atoms with van der Waals surface area (Å²) in [4.78, 5) is 3.96. The largest absolute Gasteiger partial charge is 0.493 e. The van der Waals surface area contributed by atoms with Gasteiger partial charge >= 0.3 is 0 Å². The lowest BCUT2D eigenvalue weighted by Gasteiger charge is -2.16. The number of aryl methyl sites for hydroxylation is 3. The summed E-state index contributed by atoms with van der Waals surface area (Å²) >= 11 is 0. The number of nitrogens with zero attached hydrogens (tertiary/aromatic N) is 9. The van der Waals surface area contributed by atoms with Gasteiger partial charge in [-0.25, -0.2) is 4.98 Å². The molecule has 0 saturated heterocycles. The molecule has 1 atom stereocenters. The van der Waals surface area contributed by atoms with Crippen molar-refractivity contribution in [3.05, 3.63) is 93.8 Å². The maximum Gasteiger partial charge on any atom is 0.296 e. The molecule has 24 nitrogen and oxygen atoms in total. The van der Waals surface area contributed by atoms with Crippen LogP contribution < -0.4 is 9.47 Å². The highest BCUT2D eigenvalue weighted by Crippen LogP contribution is 2.43. The summed E-state index contributed by atoms with van der Waals surface area (Å²) in [6.07, 6.45) is 4.70. The molecule has 0 bridgehead atoms. The third-order valence-electron chi connectivity index (χ3n) is 10.5. The van der Waals surface area contributed by atoms with Crippen molar-refractivity contribution in [3.8, 4) is 23.4 Å². The lowest BCUT2D eigenvalue weighted by atomic mass is 10.1. The van der Waals surface area contributed by atoms with Gasteiger partial charge in [-0.1, -0.05) is 18.2 Å². The van der Waals surface area contributed by atoms with Gasteiger partial charge in [0.15, 0.2) is 11.3 Å². The first-order chi connectivity index (χ1) is 32.6. The van der Waals surface area contributed by atoms with Crippen molar-refractivity contribution in [3.63, 3.8) is 0 Å². The standard InChI is InChI=1S/C42H43N9O15S4/c1-24-8-9-30(38(18-24)69(59,60)61)45-46-31-21-36(65-14-6-16-67(53,54)55)33(19-25(31)2)48-47-32-22-37(66-15-7-17-68(56,57)58)34(20-26(32)3)49-50-39-27(4)28(23-43)40-44-29-10-12-42(5,70(62,63)64)13-11-35(29)51(40)41(39)52/h8-13,18-22,52H,6-7,14-17H2,1-5H3,(H,53,54,55)(H,56,57,58)(H,59,60,61)(H,62,63,64). The highest BCUT2D eigenvalue weighted by molar-refractivity contribution is 7.87. The van der Waals surface area contributed by atoms with Crippen LogP contribution in [0.4, 0.5) is 34.1 Å². The van der Waals surface area contributed by atoms with Crippen molar-refractivity contribution >= 4 is 92.4 Å². The Morgan fingerprint density at radius 1 is 0.686 bits per heavy atom. The molecule has 0 fully saturated rings. The summed E-state index contributed by atoms with van der Waals surface area (Å²) in [5.41, 5.74) is 1.83. The third kappa shape index (κ3) is 12.3. The molecule has 0 spiro atoms. The Morgan fingerprint density at radius 3 is 1.69 bits per heavy atom. The Labute approximate surface area is 401 Å². The van der Waals surface area contributed by atoms with Crippen molar-refractivity contribution < 1.29 is 66.5 Å². The van der Waals surface area contributed by atoms with Crippen LogP contribution in [0.15, 0.2) is 90.2 Å². The average molecular weight is 1040 g/mol. The van der Waals surface area contributed by atoms with Crippen LogP contribution in [-0.4, -0.2) is 95.8 Å². The number of aromatic hydroxyl groups is 1. The lowest BCUT2D eigenvalue weighted by molar-refractivity contribution is 0.317. The fourth-order valence-corrected chi connectivity index (χ4v) is 8.80. The van der Waals surface area contributed by atoms with Gasteiger partial charge in [-0.15, -0.1) is 20.5 Å². The van der Waals surface area contributed by atoms with Gasteiger partial charge in [0.2, 0.25) is 5.88 Å². The van der Waals surface area contributed by atoms with Crippen LogP contribution >= 0.6 is 0 Å². The zero-order chi connectivity index (χ0) is 51.6. The first kappa shape index (κ1) is 52.5. The van der Waals surface area contributed by atoms with E-state index in [4.69, 9.17) is 9.47 Å². The highest BCUT2D eigenvalue weighted by Gasteiger charge is 2.35. The summed E-state index contributed by atoms with van der Waals surface area (Å²) < 4.78 is 143. The van der Waals surface area contributed by atoms with Gasteiger partial charge in [0.05, 0.1) is 47.5 Å². The third-order valence-corrected chi connectivity index (χ3v) is 14.4. The molecule has 2 heterocycles. The average Bonchev–Trinajstić information content (AvgIpc) is 3.53. The van der Waals surface area contributed by atoms with Gasteiger partial charge in [0, 0.05) is 17.7 Å². The van der Waals surface area contributed by atoms with E-state index >= 15 is 0 Å². The summed E-state index contributed by atoms with van der Waals surface area (Å²) in [5, 5.41) is 47.4. The molecule has 5 aromatic rings. The fraction of sp³-hybridized carbons (Fsp3) is 0.286. The molecular weight excluding hydrogens is 999 g/mol. The van der Waals surface area contributed by atoms with Gasteiger partial charge in [-0.2, -0.15) is 49.2 Å². The number of benzene rings is 3. The Hall–Kier alpha value is -6.84. The Morgan fingerprint density at radius 2 is 1.19 bits per heavy atom. The second-order valence-corrected chi connectivity index (χ2v) is 22.2. The molecule has 0 aliphatic heterocycles. The smallest absolute Gasteiger partial charge is 0.296 e. The fourth-order valence-electron chi connectivity index (χ4n) is 6.65. The van der Waals surface area contributed by atoms with Crippen LogP contribution in [0.5, 0.6) is 17.4 Å². The number of rotatable bonds is 18. The second kappa shape index (κ2) is 20.2. The first-order valence-corrected chi connectivity index (χ1v) is 26.5. The molecule has 1 aliphatic rings. The molecule has 2 aromatic heterocycles. The van der Waals surface area contributed by atoms with Crippen molar-refractivity contribution in [2.24, 2.45) is 30.7 Å². The van der Waals surface area contributed by atoms with Crippen LogP contribution in [0, 0.1) is 39.0 Å². The lowest BCUT2D eigenvalue weighted by Crippen LogP contribution is -2.29. The number of fused-ring (bicyclic) bond motifs is 3. The van der Waals surface area contributed by atoms with Crippen LogP contribution in [0.1, 0.15) is 59.0 Å². The Bertz CT molecular complexity index is 3600. The molecule has 0 saturated carbocycles. The first-order valence-electron chi connectivity index (χ1n) is 20.4. The zero-order valence-electron chi connectivity index (χ0n) is 37.6. The summed E-state index contributed by atoms with van der Waals surface area (Å²) in [6.45, 7) is 7.07. The summed E-state index contributed by atoms with van der Waals surface area (Å²) in [6, 6.07) is 11.9. The van der Waals surface area contributed by atoms with Gasteiger partial charge in [0.25, 0.3) is 40.5 Å². The zero-order valence-corrected chi connectivity index (χ0v) is 40.8. The monoisotopic (exact) mass is 1040 g/mol. The van der Waals surface area contributed by atoms with E-state index in [2.05, 4.69) is 35.7 Å². The van der Waals surface area contributed by atoms with Crippen molar-refractivity contribution in [1.82, 2.24) is 9.38 Å². The Balaban J connectivity index is 1.41. The van der Waals surface area contributed by atoms with Crippen LogP contribution in [-0.2, 0) is 40.5 Å². The van der Waals surface area contributed by atoms with Gasteiger partial charge < -0.3 is 14.6 Å². The summed E-state index contributed by atoms with van der Waals surface area (Å²) in [7, 11) is -18.0. The molecular formula is C42H43N9O15S4. The minimum Gasteiger partial charge on any atom is -0.493 e. The number of aromatic nitrogens is 2. The van der Waals surface area contributed by atoms with Crippen molar-refractivity contribution in [2.45, 2.75) is 57.1 Å². The number of ether oxygens (including phenoxy) is 2. The van der Waals surface area contributed by atoms with E-state index in [-0.39, 0.29) is 99.8 Å². The number of azo groups is 3. The number of imidazole rings is 1. The van der Waals surface area contributed by atoms with Gasteiger partial charge in [0.1, 0.15) is 49.8 Å². The van der Waals surface area contributed by atoms with E-state index < -0.39 is 67.5 Å². The van der Waals surface area contributed by atoms with Gasteiger partial charge in [-0.3, -0.25) is 22.6 Å². The topological polar surface area (TPSA) is 371 Å². The van der Waals surface area contributed by atoms with Crippen LogP contribution in [0.3, 0.4) is 0 Å². The second-order valence-electron chi connectivity index (χ2n) is 15.9. The van der Waals surface area contributed by atoms with E-state index in [0.717, 1.165) is 0 Å². The highest BCUT2D eigenvalue weighted by atomic mass is 32.2. The van der Waals surface area contributed by atoms with Crippen molar-refractivity contribution in [2.75, 3.05) is 24.7 Å². The van der Waals surface area contributed by atoms with E-state index in [9.17, 15) is 62.3 Å². The molecule has 28 heteroatoms. The van der Waals surface area contributed by atoms with Crippen LogP contribution in [0.2, 0.25) is 0 Å². The van der Waals surface area contributed by atoms with E-state index in [0.29, 0.717) is 16.7 Å². The van der Waals surface area contributed by atoms with Crippen molar-refractivity contribution in [1.29, 1.82) is 5.26 Å².